The van der Waals surface area contributed by atoms with Gasteiger partial charge < -0.3 is 9.64 Å². The molecule has 0 saturated carbocycles. The van der Waals surface area contributed by atoms with Gasteiger partial charge in [-0.3, -0.25) is 4.90 Å². The van der Waals surface area contributed by atoms with Crippen LogP contribution in [0.4, 0.5) is 4.79 Å². The lowest BCUT2D eigenvalue weighted by Crippen LogP contribution is -2.40. The second kappa shape index (κ2) is 8.78. The molecule has 1 amide bonds. The minimum absolute atomic E-state index is 0.198. The highest BCUT2D eigenvalue weighted by Crippen LogP contribution is 2.27. The highest BCUT2D eigenvalue weighted by atomic mass is 16.6. The smallest absolute Gasteiger partial charge is 0.410 e. The van der Waals surface area contributed by atoms with Crippen molar-refractivity contribution < 1.29 is 9.53 Å². The molecule has 1 saturated heterocycles. The third-order valence-electron chi connectivity index (χ3n) is 5.21. The maximum Gasteiger partial charge on any atom is 0.410 e. The summed E-state index contributed by atoms with van der Waals surface area (Å²) in [6.07, 6.45) is 0.788. The normalized spacial score (nSPS) is 17.2. The van der Waals surface area contributed by atoms with Crippen molar-refractivity contribution >= 4 is 6.09 Å². The Balaban J connectivity index is 1.70. The molecule has 4 heteroatoms. The molecule has 0 bridgehead atoms. The van der Waals surface area contributed by atoms with Crippen molar-refractivity contribution in [2.24, 2.45) is 0 Å². The molecule has 1 unspecified atom stereocenters. The molecule has 1 fully saturated rings. The monoisotopic (exact) mass is 380 g/mol. The summed E-state index contributed by atoms with van der Waals surface area (Å²) in [4.78, 5) is 16.7. The van der Waals surface area contributed by atoms with Crippen LogP contribution in [0.15, 0.2) is 54.6 Å². The van der Waals surface area contributed by atoms with E-state index >= 15 is 0 Å². The van der Waals surface area contributed by atoms with E-state index in [0.717, 1.165) is 32.6 Å². The van der Waals surface area contributed by atoms with Gasteiger partial charge in [0.2, 0.25) is 0 Å². The molecule has 4 nitrogen and oxygen atoms in total. The van der Waals surface area contributed by atoms with Gasteiger partial charge in [0.05, 0.1) is 0 Å². The van der Waals surface area contributed by atoms with Gasteiger partial charge in [-0.05, 0) is 50.4 Å². The predicted octanol–water partition coefficient (Wildman–Crippen LogP) is 5.18. The van der Waals surface area contributed by atoms with E-state index in [-0.39, 0.29) is 6.09 Å². The third-order valence-corrected chi connectivity index (χ3v) is 5.21. The third kappa shape index (κ3) is 5.14. The molecule has 2 aromatic rings. The molecule has 0 aliphatic carbocycles. The van der Waals surface area contributed by atoms with E-state index in [2.05, 4.69) is 60.4 Å². The number of likely N-dealkylation sites (N-methyl/N-ethyl adjacent to an activating group) is 1. The Morgan fingerprint density at radius 3 is 2.46 bits per heavy atom. The maximum absolute atomic E-state index is 12.4. The minimum Gasteiger partial charge on any atom is -0.444 e. The van der Waals surface area contributed by atoms with Crippen LogP contribution >= 0.6 is 0 Å². The number of carbonyl (C=O) groups excluding carboxylic acids is 1. The molecule has 0 N–H and O–H groups in total. The zero-order valence-electron chi connectivity index (χ0n) is 17.5. The number of hydrogen-bond acceptors (Lipinski definition) is 3. The van der Waals surface area contributed by atoms with Crippen molar-refractivity contribution in [1.29, 1.82) is 0 Å². The summed E-state index contributed by atoms with van der Waals surface area (Å²) >= 11 is 0. The van der Waals surface area contributed by atoms with Crippen molar-refractivity contribution in [3.05, 3.63) is 60.2 Å². The average Bonchev–Trinajstić information content (AvgIpc) is 3.16. The van der Waals surface area contributed by atoms with Gasteiger partial charge in [0.1, 0.15) is 5.60 Å². The molecule has 0 spiro atoms. The lowest BCUT2D eigenvalue weighted by atomic mass is 9.99. The maximum atomic E-state index is 12.4. The van der Waals surface area contributed by atoms with E-state index in [1.165, 1.54) is 16.7 Å². The molecule has 0 radical (unpaired) electrons. The fourth-order valence-corrected chi connectivity index (χ4v) is 3.81. The summed E-state index contributed by atoms with van der Waals surface area (Å²) in [5, 5.41) is 0. The number of hydrogen-bond donors (Lipinski definition) is 0. The number of likely N-dealkylation sites (tertiary alicyclic amines) is 1. The van der Waals surface area contributed by atoms with Gasteiger partial charge in [-0.15, -0.1) is 0 Å². The van der Waals surface area contributed by atoms with Gasteiger partial charge >= 0.3 is 6.09 Å². The van der Waals surface area contributed by atoms with Gasteiger partial charge in [0.25, 0.3) is 0 Å². The van der Waals surface area contributed by atoms with Crippen LogP contribution in [0.1, 0.15) is 39.7 Å². The molecular formula is C24H32N2O2. The van der Waals surface area contributed by atoms with E-state index in [0.29, 0.717) is 6.04 Å². The molecule has 0 aromatic heterocycles. The highest BCUT2D eigenvalue weighted by molar-refractivity contribution is 5.69. The summed E-state index contributed by atoms with van der Waals surface area (Å²) in [5.41, 5.74) is 3.40. The Kier molecular flexibility index (Phi) is 6.40. The van der Waals surface area contributed by atoms with Crippen molar-refractivity contribution in [3.8, 4) is 11.1 Å². The van der Waals surface area contributed by atoms with Crippen LogP contribution in [0, 0.1) is 0 Å². The zero-order chi connectivity index (χ0) is 20.1. The van der Waals surface area contributed by atoms with Crippen LogP contribution in [-0.2, 0) is 11.3 Å². The topological polar surface area (TPSA) is 32.8 Å². The SMILES string of the molecule is CCN(Cc1ccccc1-c1ccccc1)C1CCN(C(=O)OC(C)(C)C)C1. The summed E-state index contributed by atoms with van der Waals surface area (Å²) in [5.74, 6) is 0. The first kappa shape index (κ1) is 20.4. The number of rotatable bonds is 5. The lowest BCUT2D eigenvalue weighted by molar-refractivity contribution is 0.0279. The Morgan fingerprint density at radius 1 is 1.11 bits per heavy atom. The van der Waals surface area contributed by atoms with Crippen LogP contribution in [-0.4, -0.2) is 47.2 Å². The number of benzene rings is 2. The van der Waals surface area contributed by atoms with Gasteiger partial charge in [0, 0.05) is 25.7 Å². The second-order valence-corrected chi connectivity index (χ2v) is 8.46. The summed E-state index contributed by atoms with van der Waals surface area (Å²) < 4.78 is 5.55. The van der Waals surface area contributed by atoms with E-state index in [1.54, 1.807) is 0 Å². The molecule has 150 valence electrons. The fraction of sp³-hybridized carbons (Fsp3) is 0.458. The first-order chi connectivity index (χ1) is 13.4. The Labute approximate surface area is 169 Å². The van der Waals surface area contributed by atoms with Crippen molar-refractivity contribution in [2.75, 3.05) is 19.6 Å². The summed E-state index contributed by atoms with van der Waals surface area (Å²) in [7, 11) is 0. The number of amides is 1. The molecule has 1 aliphatic rings. The van der Waals surface area contributed by atoms with Crippen LogP contribution in [0.5, 0.6) is 0 Å². The van der Waals surface area contributed by atoms with Gasteiger partial charge in [-0.1, -0.05) is 61.5 Å². The predicted molar refractivity (Wildman–Crippen MR) is 114 cm³/mol. The van der Waals surface area contributed by atoms with Gasteiger partial charge in [0.15, 0.2) is 0 Å². The fourth-order valence-electron chi connectivity index (χ4n) is 3.81. The Morgan fingerprint density at radius 2 is 1.79 bits per heavy atom. The van der Waals surface area contributed by atoms with Gasteiger partial charge in [-0.25, -0.2) is 4.79 Å². The molecule has 28 heavy (non-hydrogen) atoms. The summed E-state index contributed by atoms with van der Waals surface area (Å²) in [6, 6.07) is 19.5. The second-order valence-electron chi connectivity index (χ2n) is 8.46. The molecule has 1 atom stereocenters. The van der Waals surface area contributed by atoms with Gasteiger partial charge in [-0.2, -0.15) is 0 Å². The number of carbonyl (C=O) groups is 1. The Hall–Kier alpha value is -2.33. The first-order valence-electron chi connectivity index (χ1n) is 10.2. The van der Waals surface area contributed by atoms with E-state index in [1.807, 2.05) is 31.7 Å². The molecule has 3 rings (SSSR count). The van der Waals surface area contributed by atoms with Crippen LogP contribution in [0.3, 0.4) is 0 Å². The molecule has 2 aromatic carbocycles. The van der Waals surface area contributed by atoms with Crippen molar-refractivity contribution in [3.63, 3.8) is 0 Å². The van der Waals surface area contributed by atoms with E-state index in [4.69, 9.17) is 4.74 Å². The molecular weight excluding hydrogens is 348 g/mol. The molecule has 1 heterocycles. The average molecular weight is 381 g/mol. The number of nitrogens with zero attached hydrogens (tertiary/aromatic N) is 2. The van der Waals surface area contributed by atoms with E-state index in [9.17, 15) is 4.79 Å². The highest BCUT2D eigenvalue weighted by Gasteiger charge is 2.32. The summed E-state index contributed by atoms with van der Waals surface area (Å²) in [6.45, 7) is 11.3. The standard InChI is InChI=1S/C24H32N2O2/c1-5-25(21-15-16-26(18-21)23(27)28-24(2,3)4)17-20-13-9-10-14-22(20)19-11-7-6-8-12-19/h6-14,21H,5,15-18H2,1-4H3. The Bertz CT molecular complexity index is 783. The van der Waals surface area contributed by atoms with Crippen molar-refractivity contribution in [1.82, 2.24) is 9.80 Å². The van der Waals surface area contributed by atoms with E-state index < -0.39 is 5.60 Å². The minimum atomic E-state index is -0.450. The quantitative estimate of drug-likeness (QED) is 0.716. The zero-order valence-corrected chi connectivity index (χ0v) is 17.5. The van der Waals surface area contributed by atoms with Crippen LogP contribution in [0.25, 0.3) is 11.1 Å². The van der Waals surface area contributed by atoms with Crippen molar-refractivity contribution in [2.45, 2.75) is 52.3 Å². The van der Waals surface area contributed by atoms with Crippen LogP contribution < -0.4 is 0 Å². The number of ether oxygens (including phenoxy) is 1. The molecule has 1 aliphatic heterocycles. The lowest BCUT2D eigenvalue weighted by Gasteiger charge is -2.29. The van der Waals surface area contributed by atoms with Crippen LogP contribution in [0.2, 0.25) is 0 Å². The largest absolute Gasteiger partial charge is 0.444 e. The first-order valence-corrected chi connectivity index (χ1v) is 10.2.